The van der Waals surface area contributed by atoms with Gasteiger partial charge in [0.05, 0.1) is 12.0 Å². The molecule has 3 rings (SSSR count). The fraction of sp³-hybridized carbons (Fsp3) is 0.500. The molecule has 2 N–H and O–H groups in total. The Morgan fingerprint density at radius 3 is 2.76 bits per heavy atom. The van der Waals surface area contributed by atoms with E-state index in [9.17, 15) is 0 Å². The summed E-state index contributed by atoms with van der Waals surface area (Å²) in [4.78, 5) is 4.51. The van der Waals surface area contributed by atoms with E-state index in [1.54, 1.807) is 0 Å². The van der Waals surface area contributed by atoms with Crippen molar-refractivity contribution in [2.45, 2.75) is 44.6 Å². The molecule has 1 aromatic carbocycles. The van der Waals surface area contributed by atoms with Gasteiger partial charge >= 0.3 is 0 Å². The van der Waals surface area contributed by atoms with Crippen LogP contribution in [0.3, 0.4) is 0 Å². The average Bonchev–Trinajstić information content (AvgIpc) is 2.94. The summed E-state index contributed by atoms with van der Waals surface area (Å²) >= 11 is 6.16. The first-order valence-corrected chi connectivity index (χ1v) is 7.80. The van der Waals surface area contributed by atoms with Crippen molar-refractivity contribution in [1.29, 1.82) is 0 Å². The van der Waals surface area contributed by atoms with Gasteiger partial charge in [-0.05, 0) is 43.2 Å². The molecule has 0 spiro atoms. The van der Waals surface area contributed by atoms with Gasteiger partial charge in [0.15, 0.2) is 5.82 Å². The molecule has 0 unspecified atom stereocenters. The van der Waals surface area contributed by atoms with E-state index in [-0.39, 0.29) is 0 Å². The van der Waals surface area contributed by atoms with Crippen molar-refractivity contribution in [3.05, 3.63) is 46.6 Å². The molecule has 1 fully saturated rings. The molecule has 1 aromatic heterocycles. The molecule has 0 radical (unpaired) electrons. The molecular weight excluding hydrogens is 286 g/mol. The van der Waals surface area contributed by atoms with E-state index < -0.39 is 5.54 Å². The molecular formula is C16H20ClN3O. The smallest absolute Gasteiger partial charge is 0.231 e. The first-order chi connectivity index (χ1) is 10.1. The molecule has 0 aliphatic heterocycles. The molecule has 112 valence electrons. The monoisotopic (exact) mass is 305 g/mol. The lowest BCUT2D eigenvalue weighted by Crippen LogP contribution is -2.41. The molecule has 2 aromatic rings. The number of hydrogen-bond donors (Lipinski definition) is 1. The van der Waals surface area contributed by atoms with Crippen LogP contribution in [0.2, 0.25) is 5.02 Å². The van der Waals surface area contributed by atoms with Crippen LogP contribution in [0.25, 0.3) is 0 Å². The zero-order valence-corrected chi connectivity index (χ0v) is 12.9. The number of nitrogens with zero attached hydrogens (tertiary/aromatic N) is 2. The van der Waals surface area contributed by atoms with Gasteiger partial charge in [-0.15, -0.1) is 0 Å². The van der Waals surface area contributed by atoms with Gasteiger partial charge in [0.1, 0.15) is 0 Å². The lowest BCUT2D eigenvalue weighted by molar-refractivity contribution is 0.230. The third-order valence-corrected chi connectivity index (χ3v) is 4.75. The lowest BCUT2D eigenvalue weighted by Gasteiger charge is -2.33. The Bertz CT molecular complexity index is 617. The van der Waals surface area contributed by atoms with Gasteiger partial charge in [-0.1, -0.05) is 41.9 Å². The Morgan fingerprint density at radius 2 is 2.05 bits per heavy atom. The summed E-state index contributed by atoms with van der Waals surface area (Å²) in [5.74, 6) is 1.94. The van der Waals surface area contributed by atoms with E-state index in [0.717, 1.165) is 37.2 Å². The topological polar surface area (TPSA) is 64.9 Å². The van der Waals surface area contributed by atoms with Gasteiger partial charge in [-0.3, -0.25) is 0 Å². The Morgan fingerprint density at radius 1 is 1.33 bits per heavy atom. The SMILES string of the molecule is CC1CCC(N)(c2noc(Cc3ccccc3Cl)n2)CC1. The summed E-state index contributed by atoms with van der Waals surface area (Å²) < 4.78 is 5.37. The number of benzene rings is 1. The fourth-order valence-corrected chi connectivity index (χ4v) is 3.04. The molecule has 0 bridgehead atoms. The highest BCUT2D eigenvalue weighted by Crippen LogP contribution is 2.36. The molecule has 0 amide bonds. The predicted molar refractivity (Wildman–Crippen MR) is 82.1 cm³/mol. The normalized spacial score (nSPS) is 26.0. The molecule has 1 saturated carbocycles. The summed E-state index contributed by atoms with van der Waals surface area (Å²) in [6.07, 6.45) is 4.60. The molecule has 0 saturated heterocycles. The first kappa shape index (κ1) is 14.5. The van der Waals surface area contributed by atoms with Crippen molar-refractivity contribution in [2.75, 3.05) is 0 Å². The van der Waals surface area contributed by atoms with Crippen molar-refractivity contribution in [2.24, 2.45) is 11.7 Å². The number of rotatable bonds is 3. The summed E-state index contributed by atoms with van der Waals surface area (Å²) in [5, 5.41) is 4.82. The summed E-state index contributed by atoms with van der Waals surface area (Å²) in [7, 11) is 0. The van der Waals surface area contributed by atoms with Crippen molar-refractivity contribution in [3.63, 3.8) is 0 Å². The predicted octanol–water partition coefficient (Wildman–Crippen LogP) is 3.68. The van der Waals surface area contributed by atoms with Crippen LogP contribution in [0.15, 0.2) is 28.8 Å². The van der Waals surface area contributed by atoms with Crippen LogP contribution in [0.5, 0.6) is 0 Å². The maximum Gasteiger partial charge on any atom is 0.231 e. The van der Waals surface area contributed by atoms with Gasteiger partial charge < -0.3 is 10.3 Å². The third-order valence-electron chi connectivity index (χ3n) is 4.38. The maximum absolute atomic E-state index is 6.47. The molecule has 21 heavy (non-hydrogen) atoms. The Kier molecular flexibility index (Phi) is 4.00. The zero-order valence-electron chi connectivity index (χ0n) is 12.2. The van der Waals surface area contributed by atoms with Crippen LogP contribution >= 0.6 is 11.6 Å². The second-order valence-corrected chi connectivity index (χ2v) is 6.53. The number of nitrogens with two attached hydrogens (primary N) is 1. The van der Waals surface area contributed by atoms with Gasteiger partial charge in [-0.2, -0.15) is 4.98 Å². The summed E-state index contributed by atoms with van der Waals surface area (Å²) in [5.41, 5.74) is 7.02. The quantitative estimate of drug-likeness (QED) is 0.939. The standard InChI is InChI=1S/C16H20ClN3O/c1-11-6-8-16(18,9-7-11)15-19-14(21-20-15)10-12-4-2-3-5-13(12)17/h2-5,11H,6-10,18H2,1H3. The summed E-state index contributed by atoms with van der Waals surface area (Å²) in [6, 6.07) is 7.68. The molecule has 0 atom stereocenters. The van der Waals surface area contributed by atoms with E-state index >= 15 is 0 Å². The number of halogens is 1. The highest BCUT2D eigenvalue weighted by Gasteiger charge is 2.36. The van der Waals surface area contributed by atoms with E-state index in [2.05, 4.69) is 17.1 Å². The van der Waals surface area contributed by atoms with E-state index in [4.69, 9.17) is 21.9 Å². The number of aromatic nitrogens is 2. The van der Waals surface area contributed by atoms with Gasteiger partial charge in [0.25, 0.3) is 0 Å². The Balaban J connectivity index is 1.76. The Labute approximate surface area is 129 Å². The second kappa shape index (κ2) is 5.78. The molecule has 4 nitrogen and oxygen atoms in total. The van der Waals surface area contributed by atoms with E-state index in [0.29, 0.717) is 23.2 Å². The maximum atomic E-state index is 6.47. The molecule has 5 heteroatoms. The van der Waals surface area contributed by atoms with Crippen molar-refractivity contribution >= 4 is 11.6 Å². The fourth-order valence-electron chi connectivity index (χ4n) is 2.83. The van der Waals surface area contributed by atoms with Crippen LogP contribution in [-0.4, -0.2) is 10.1 Å². The first-order valence-electron chi connectivity index (χ1n) is 7.42. The zero-order chi connectivity index (χ0) is 14.9. The van der Waals surface area contributed by atoms with Crippen molar-refractivity contribution < 1.29 is 4.52 Å². The van der Waals surface area contributed by atoms with Crippen LogP contribution in [0.4, 0.5) is 0 Å². The van der Waals surface area contributed by atoms with Crippen LogP contribution in [0.1, 0.15) is 49.9 Å². The van der Waals surface area contributed by atoms with E-state index in [1.165, 1.54) is 0 Å². The minimum Gasteiger partial charge on any atom is -0.339 e. The van der Waals surface area contributed by atoms with Crippen LogP contribution in [-0.2, 0) is 12.0 Å². The highest BCUT2D eigenvalue weighted by atomic mass is 35.5. The van der Waals surface area contributed by atoms with Crippen molar-refractivity contribution in [3.8, 4) is 0 Å². The minimum atomic E-state index is -0.436. The van der Waals surface area contributed by atoms with Crippen LogP contribution in [0, 0.1) is 5.92 Å². The van der Waals surface area contributed by atoms with Gasteiger partial charge in [-0.25, -0.2) is 0 Å². The van der Waals surface area contributed by atoms with Gasteiger partial charge in [0, 0.05) is 5.02 Å². The van der Waals surface area contributed by atoms with E-state index in [1.807, 2.05) is 24.3 Å². The Hall–Kier alpha value is -1.39. The average molecular weight is 306 g/mol. The summed E-state index contributed by atoms with van der Waals surface area (Å²) in [6.45, 7) is 2.26. The molecule has 1 aliphatic rings. The molecule has 1 aliphatic carbocycles. The minimum absolute atomic E-state index is 0.436. The molecule has 1 heterocycles. The van der Waals surface area contributed by atoms with Crippen molar-refractivity contribution in [1.82, 2.24) is 10.1 Å². The van der Waals surface area contributed by atoms with Gasteiger partial charge in [0.2, 0.25) is 5.89 Å². The second-order valence-electron chi connectivity index (χ2n) is 6.12. The third kappa shape index (κ3) is 3.11. The lowest BCUT2D eigenvalue weighted by atomic mass is 9.77. The highest BCUT2D eigenvalue weighted by molar-refractivity contribution is 6.31. The largest absolute Gasteiger partial charge is 0.339 e. The van der Waals surface area contributed by atoms with Crippen LogP contribution < -0.4 is 5.73 Å². The number of hydrogen-bond acceptors (Lipinski definition) is 4.